The van der Waals surface area contributed by atoms with Gasteiger partial charge in [0.25, 0.3) is 0 Å². The van der Waals surface area contributed by atoms with Crippen LogP contribution >= 0.6 is 0 Å². The largest absolute Gasteiger partial charge is 0.493 e. The second-order valence-electron chi connectivity index (χ2n) is 5.59. The Morgan fingerprint density at radius 2 is 1.80 bits per heavy atom. The molecule has 0 unspecified atom stereocenters. The van der Waals surface area contributed by atoms with Crippen LogP contribution in [0, 0.1) is 0 Å². The molecule has 1 aromatic rings. The molecule has 114 valence electrons. The fraction of sp³-hybridized carbons (Fsp3) is 0.625. The Morgan fingerprint density at radius 1 is 1.05 bits per heavy atom. The zero-order valence-electron chi connectivity index (χ0n) is 12.9. The minimum absolute atomic E-state index is 0.0521. The smallest absolute Gasteiger partial charge is 0.128 e. The van der Waals surface area contributed by atoms with E-state index in [9.17, 15) is 5.11 Å². The second-order valence-corrected chi connectivity index (χ2v) is 5.59. The molecular formula is C16H26O4. The Bertz CT molecular complexity index is 396. The molecule has 0 heterocycles. The summed E-state index contributed by atoms with van der Waals surface area (Å²) in [5.41, 5.74) is 0.583. The van der Waals surface area contributed by atoms with Crippen LogP contribution in [0.15, 0.2) is 18.2 Å². The van der Waals surface area contributed by atoms with Crippen LogP contribution in [-0.2, 0) is 11.3 Å². The first-order valence-corrected chi connectivity index (χ1v) is 7.09. The maximum absolute atomic E-state index is 9.32. The van der Waals surface area contributed by atoms with E-state index in [1.165, 1.54) is 0 Å². The zero-order chi connectivity index (χ0) is 15.0. The van der Waals surface area contributed by atoms with Crippen molar-refractivity contribution >= 4 is 0 Å². The molecule has 0 atom stereocenters. The highest BCUT2D eigenvalue weighted by atomic mass is 16.5. The highest BCUT2D eigenvalue weighted by molar-refractivity contribution is 5.40. The molecule has 1 rings (SSSR count). The highest BCUT2D eigenvalue weighted by Crippen LogP contribution is 2.25. The van der Waals surface area contributed by atoms with Crippen molar-refractivity contribution in [2.45, 2.75) is 46.3 Å². The van der Waals surface area contributed by atoms with Crippen LogP contribution in [0.1, 0.15) is 39.7 Å². The normalized spacial score (nSPS) is 11.4. The van der Waals surface area contributed by atoms with Gasteiger partial charge in [-0.15, -0.1) is 0 Å². The molecule has 4 heteroatoms. The van der Waals surface area contributed by atoms with Crippen molar-refractivity contribution in [3.63, 3.8) is 0 Å². The first kappa shape index (κ1) is 16.8. The first-order chi connectivity index (χ1) is 9.46. The topological polar surface area (TPSA) is 47.9 Å². The average molecular weight is 282 g/mol. The van der Waals surface area contributed by atoms with Gasteiger partial charge in [0.1, 0.15) is 18.1 Å². The van der Waals surface area contributed by atoms with Crippen molar-refractivity contribution in [1.29, 1.82) is 0 Å². The van der Waals surface area contributed by atoms with Crippen LogP contribution in [0.4, 0.5) is 0 Å². The number of benzene rings is 1. The van der Waals surface area contributed by atoms with Gasteiger partial charge in [-0.05, 0) is 39.3 Å². The van der Waals surface area contributed by atoms with Gasteiger partial charge in [0.05, 0.1) is 25.4 Å². The van der Waals surface area contributed by atoms with Crippen LogP contribution in [0.25, 0.3) is 0 Å². The van der Waals surface area contributed by atoms with Crippen LogP contribution in [0.2, 0.25) is 0 Å². The summed E-state index contributed by atoms with van der Waals surface area (Å²) in [5, 5.41) is 9.32. The summed E-state index contributed by atoms with van der Waals surface area (Å²) in [6.45, 7) is 9.65. The van der Waals surface area contributed by atoms with Crippen LogP contribution in [0.5, 0.6) is 11.5 Å². The molecule has 0 fully saturated rings. The molecule has 0 saturated carbocycles. The van der Waals surface area contributed by atoms with Crippen molar-refractivity contribution in [3.8, 4) is 11.5 Å². The number of hydrogen-bond acceptors (Lipinski definition) is 4. The van der Waals surface area contributed by atoms with Gasteiger partial charge < -0.3 is 19.3 Å². The van der Waals surface area contributed by atoms with Crippen molar-refractivity contribution in [1.82, 2.24) is 0 Å². The van der Waals surface area contributed by atoms with Gasteiger partial charge in [-0.2, -0.15) is 0 Å². The third kappa shape index (κ3) is 6.26. The van der Waals surface area contributed by atoms with E-state index in [2.05, 4.69) is 6.92 Å². The average Bonchev–Trinajstić information content (AvgIpc) is 2.40. The molecule has 0 aliphatic heterocycles. The Balaban J connectivity index is 2.57. The number of aliphatic hydroxyl groups excluding tert-OH is 1. The van der Waals surface area contributed by atoms with E-state index in [1.54, 1.807) is 0 Å². The number of hydrogen-bond donors (Lipinski definition) is 1. The van der Waals surface area contributed by atoms with E-state index in [4.69, 9.17) is 14.2 Å². The summed E-state index contributed by atoms with van der Waals surface area (Å²) in [7, 11) is 0. The Hall–Kier alpha value is -1.26. The van der Waals surface area contributed by atoms with Crippen molar-refractivity contribution in [2.75, 3.05) is 19.8 Å². The third-order valence-corrected chi connectivity index (χ3v) is 2.56. The minimum atomic E-state index is -0.171. The number of rotatable bonds is 8. The summed E-state index contributed by atoms with van der Waals surface area (Å²) in [6, 6.07) is 5.49. The number of aliphatic hydroxyl groups is 1. The molecule has 4 nitrogen and oxygen atoms in total. The van der Waals surface area contributed by atoms with E-state index in [0.29, 0.717) is 25.6 Å². The molecule has 0 spiro atoms. The van der Waals surface area contributed by atoms with E-state index in [1.807, 2.05) is 39.0 Å². The Labute approximate surface area is 121 Å². The first-order valence-electron chi connectivity index (χ1n) is 7.09. The maximum Gasteiger partial charge on any atom is 0.128 e. The lowest BCUT2D eigenvalue weighted by Gasteiger charge is -2.20. The lowest BCUT2D eigenvalue weighted by molar-refractivity contribution is -0.0165. The molecule has 0 aromatic heterocycles. The van der Waals surface area contributed by atoms with E-state index in [0.717, 1.165) is 17.7 Å². The van der Waals surface area contributed by atoms with E-state index in [-0.39, 0.29) is 12.2 Å². The fourth-order valence-corrected chi connectivity index (χ4v) is 1.61. The Morgan fingerprint density at radius 3 is 2.40 bits per heavy atom. The SMILES string of the molecule is CCCOc1ccc(CO)c(OCCOC(C)(C)C)c1. The molecule has 20 heavy (non-hydrogen) atoms. The summed E-state index contributed by atoms with van der Waals surface area (Å²) >= 11 is 0. The Kier molecular flexibility index (Phi) is 6.82. The molecule has 0 bridgehead atoms. The van der Waals surface area contributed by atoms with E-state index >= 15 is 0 Å². The molecule has 1 N–H and O–H groups in total. The summed E-state index contributed by atoms with van der Waals surface area (Å²) in [6.07, 6.45) is 0.956. The number of ether oxygens (including phenoxy) is 3. The van der Waals surface area contributed by atoms with Crippen LogP contribution in [-0.4, -0.2) is 30.5 Å². The van der Waals surface area contributed by atoms with Gasteiger partial charge in [-0.1, -0.05) is 6.92 Å². The molecule has 0 amide bonds. The molecule has 1 aromatic carbocycles. The molecule has 0 aliphatic carbocycles. The predicted molar refractivity (Wildman–Crippen MR) is 79.4 cm³/mol. The van der Waals surface area contributed by atoms with Gasteiger partial charge in [-0.25, -0.2) is 0 Å². The maximum atomic E-state index is 9.32. The van der Waals surface area contributed by atoms with E-state index < -0.39 is 0 Å². The van der Waals surface area contributed by atoms with Crippen LogP contribution in [0.3, 0.4) is 0 Å². The van der Waals surface area contributed by atoms with Crippen molar-refractivity contribution in [3.05, 3.63) is 23.8 Å². The lowest BCUT2D eigenvalue weighted by atomic mass is 10.2. The third-order valence-electron chi connectivity index (χ3n) is 2.56. The summed E-state index contributed by atoms with van der Waals surface area (Å²) < 4.78 is 16.8. The van der Waals surface area contributed by atoms with Gasteiger partial charge in [0, 0.05) is 11.6 Å². The van der Waals surface area contributed by atoms with Crippen LogP contribution < -0.4 is 9.47 Å². The lowest BCUT2D eigenvalue weighted by Crippen LogP contribution is -2.22. The van der Waals surface area contributed by atoms with Gasteiger partial charge in [0.15, 0.2) is 0 Å². The minimum Gasteiger partial charge on any atom is -0.493 e. The molecular weight excluding hydrogens is 256 g/mol. The zero-order valence-corrected chi connectivity index (χ0v) is 12.9. The standard InChI is InChI=1S/C16H26O4/c1-5-8-18-14-7-6-13(12-17)15(11-14)19-9-10-20-16(2,3)4/h6-7,11,17H,5,8-10,12H2,1-4H3. The van der Waals surface area contributed by atoms with Gasteiger partial charge in [-0.3, -0.25) is 0 Å². The molecule has 0 aliphatic rings. The predicted octanol–water partition coefficient (Wildman–Crippen LogP) is 3.16. The monoisotopic (exact) mass is 282 g/mol. The van der Waals surface area contributed by atoms with Crippen molar-refractivity contribution < 1.29 is 19.3 Å². The van der Waals surface area contributed by atoms with Gasteiger partial charge >= 0.3 is 0 Å². The summed E-state index contributed by atoms with van der Waals surface area (Å²) in [4.78, 5) is 0. The second kappa shape index (κ2) is 8.12. The quantitative estimate of drug-likeness (QED) is 0.744. The molecule has 0 radical (unpaired) electrons. The van der Waals surface area contributed by atoms with Gasteiger partial charge in [0.2, 0.25) is 0 Å². The molecule has 0 saturated heterocycles. The highest BCUT2D eigenvalue weighted by Gasteiger charge is 2.10. The fourth-order valence-electron chi connectivity index (χ4n) is 1.61. The summed E-state index contributed by atoms with van der Waals surface area (Å²) in [5.74, 6) is 1.41. The van der Waals surface area contributed by atoms with Crippen molar-refractivity contribution in [2.24, 2.45) is 0 Å².